The van der Waals surface area contributed by atoms with Crippen LogP contribution in [0.5, 0.6) is 11.5 Å². The van der Waals surface area contributed by atoms with Crippen molar-refractivity contribution >= 4 is 11.8 Å². The highest BCUT2D eigenvalue weighted by Crippen LogP contribution is 2.31. The Kier molecular flexibility index (Phi) is 6.26. The second-order valence-corrected chi connectivity index (χ2v) is 8.15. The highest BCUT2D eigenvalue weighted by Gasteiger charge is 2.18. The first-order valence-corrected chi connectivity index (χ1v) is 11.5. The summed E-state index contributed by atoms with van der Waals surface area (Å²) in [5.41, 5.74) is 2.67. The topological polar surface area (TPSA) is 88.1 Å². The van der Waals surface area contributed by atoms with Gasteiger partial charge in [-0.1, -0.05) is 59.4 Å². The van der Waals surface area contributed by atoms with E-state index in [0.29, 0.717) is 28.4 Å². The molecule has 0 aliphatic rings. The lowest BCUT2D eigenvalue weighted by atomic mass is 10.2. The van der Waals surface area contributed by atoms with Crippen molar-refractivity contribution in [2.45, 2.75) is 10.9 Å². The molecular formula is C25H21N5O3S. The summed E-state index contributed by atoms with van der Waals surface area (Å²) in [7, 11) is 3.26. The molecule has 0 fully saturated rings. The largest absolute Gasteiger partial charge is 0.497 e. The molecule has 0 aliphatic heterocycles. The third-order valence-electron chi connectivity index (χ3n) is 5.14. The molecule has 2 heterocycles. The van der Waals surface area contributed by atoms with Crippen molar-refractivity contribution in [2.24, 2.45) is 0 Å². The first kappa shape index (κ1) is 21.7. The van der Waals surface area contributed by atoms with Gasteiger partial charge in [-0.25, -0.2) is 0 Å². The maximum absolute atomic E-state index is 5.50. The third-order valence-corrected chi connectivity index (χ3v) is 6.05. The van der Waals surface area contributed by atoms with Crippen molar-refractivity contribution in [3.05, 3.63) is 84.8 Å². The van der Waals surface area contributed by atoms with E-state index in [0.717, 1.165) is 28.4 Å². The lowest BCUT2D eigenvalue weighted by Gasteiger charge is -2.10. The molecule has 5 aromatic rings. The Morgan fingerprint density at radius 1 is 0.853 bits per heavy atom. The van der Waals surface area contributed by atoms with Crippen LogP contribution in [0.25, 0.3) is 28.5 Å². The highest BCUT2D eigenvalue weighted by molar-refractivity contribution is 7.98. The van der Waals surface area contributed by atoms with E-state index in [-0.39, 0.29) is 0 Å². The van der Waals surface area contributed by atoms with Gasteiger partial charge < -0.3 is 14.0 Å². The molecule has 0 spiro atoms. The number of benzene rings is 3. The second kappa shape index (κ2) is 9.80. The Balaban J connectivity index is 1.44. The number of hydrogen-bond acceptors (Lipinski definition) is 8. The molecule has 2 aromatic heterocycles. The van der Waals surface area contributed by atoms with Crippen LogP contribution >= 0.6 is 11.8 Å². The number of hydrogen-bond donors (Lipinski definition) is 0. The van der Waals surface area contributed by atoms with Gasteiger partial charge in [0.1, 0.15) is 11.5 Å². The standard InChI is InChI=1S/C25H21N5O3S/c1-31-19-14-12-18(13-15-19)30-24(17-8-4-3-5-9-17)27-28-25(30)34-16-22-26-23(29-33-22)20-10-6-7-11-21(20)32-2/h3-15H,16H2,1-2H3. The van der Waals surface area contributed by atoms with Crippen LogP contribution in [0.1, 0.15) is 5.89 Å². The van der Waals surface area contributed by atoms with Crippen LogP contribution in [-0.2, 0) is 5.75 Å². The fourth-order valence-electron chi connectivity index (χ4n) is 3.48. The summed E-state index contributed by atoms with van der Waals surface area (Å²) >= 11 is 1.47. The second-order valence-electron chi connectivity index (χ2n) is 7.21. The Labute approximate surface area is 200 Å². The number of nitrogens with zero attached hydrogens (tertiary/aromatic N) is 5. The van der Waals surface area contributed by atoms with Gasteiger partial charge in [-0.05, 0) is 36.4 Å². The molecule has 34 heavy (non-hydrogen) atoms. The molecular weight excluding hydrogens is 450 g/mol. The molecule has 0 unspecified atom stereocenters. The van der Waals surface area contributed by atoms with E-state index in [4.69, 9.17) is 14.0 Å². The van der Waals surface area contributed by atoms with Gasteiger partial charge in [-0.2, -0.15) is 4.98 Å². The molecule has 0 saturated heterocycles. The van der Waals surface area contributed by atoms with Gasteiger partial charge in [-0.3, -0.25) is 4.57 Å². The van der Waals surface area contributed by atoms with Gasteiger partial charge in [0.05, 0.1) is 25.5 Å². The van der Waals surface area contributed by atoms with Gasteiger partial charge in [-0.15, -0.1) is 10.2 Å². The van der Waals surface area contributed by atoms with Crippen LogP contribution in [0, 0.1) is 0 Å². The molecule has 170 valence electrons. The number of thioether (sulfide) groups is 1. The average Bonchev–Trinajstić information content (AvgIpc) is 3.55. The summed E-state index contributed by atoms with van der Waals surface area (Å²) in [6.07, 6.45) is 0. The quantitative estimate of drug-likeness (QED) is 0.282. The number of para-hydroxylation sites is 1. The van der Waals surface area contributed by atoms with Gasteiger partial charge in [0.2, 0.25) is 11.7 Å². The van der Waals surface area contributed by atoms with Crippen LogP contribution in [0.3, 0.4) is 0 Å². The Morgan fingerprint density at radius 3 is 2.38 bits per heavy atom. The van der Waals surface area contributed by atoms with E-state index < -0.39 is 0 Å². The van der Waals surface area contributed by atoms with Crippen molar-refractivity contribution in [2.75, 3.05) is 14.2 Å². The van der Waals surface area contributed by atoms with Crippen LogP contribution in [0.15, 0.2) is 88.5 Å². The number of ether oxygens (including phenoxy) is 2. The highest BCUT2D eigenvalue weighted by atomic mass is 32.2. The van der Waals surface area contributed by atoms with Gasteiger partial charge >= 0.3 is 0 Å². The minimum atomic E-state index is 0.436. The SMILES string of the molecule is COc1ccc(-n2c(SCc3nc(-c4ccccc4OC)no3)nnc2-c2ccccc2)cc1. The molecule has 3 aromatic carbocycles. The summed E-state index contributed by atoms with van der Waals surface area (Å²) in [6.45, 7) is 0. The molecule has 0 N–H and O–H groups in total. The van der Waals surface area contributed by atoms with E-state index in [1.807, 2.05) is 83.4 Å². The Morgan fingerprint density at radius 2 is 1.62 bits per heavy atom. The van der Waals surface area contributed by atoms with E-state index in [1.54, 1.807) is 14.2 Å². The van der Waals surface area contributed by atoms with Crippen LogP contribution in [-0.4, -0.2) is 39.1 Å². The van der Waals surface area contributed by atoms with E-state index in [1.165, 1.54) is 11.8 Å². The normalized spacial score (nSPS) is 10.9. The van der Waals surface area contributed by atoms with Gasteiger partial charge in [0, 0.05) is 11.3 Å². The fourth-order valence-corrected chi connectivity index (χ4v) is 4.27. The van der Waals surface area contributed by atoms with Crippen molar-refractivity contribution < 1.29 is 14.0 Å². The summed E-state index contributed by atoms with van der Waals surface area (Å²) in [5, 5.41) is 13.8. The van der Waals surface area contributed by atoms with Crippen molar-refractivity contribution in [1.82, 2.24) is 24.9 Å². The van der Waals surface area contributed by atoms with Crippen molar-refractivity contribution in [3.8, 4) is 40.0 Å². The zero-order chi connectivity index (χ0) is 23.3. The third kappa shape index (κ3) is 4.38. The van der Waals surface area contributed by atoms with Crippen LogP contribution < -0.4 is 9.47 Å². The molecule has 5 rings (SSSR count). The van der Waals surface area contributed by atoms with Crippen molar-refractivity contribution in [3.63, 3.8) is 0 Å². The summed E-state index contributed by atoms with van der Waals surface area (Å²) in [5.74, 6) is 3.61. The molecule has 0 bridgehead atoms. The first-order chi connectivity index (χ1) is 16.8. The molecule has 0 aliphatic carbocycles. The molecule has 0 amide bonds. The summed E-state index contributed by atoms with van der Waals surface area (Å²) in [4.78, 5) is 4.54. The van der Waals surface area contributed by atoms with E-state index in [2.05, 4.69) is 20.3 Å². The lowest BCUT2D eigenvalue weighted by molar-refractivity contribution is 0.390. The van der Waals surface area contributed by atoms with Crippen molar-refractivity contribution in [1.29, 1.82) is 0 Å². The maximum atomic E-state index is 5.50. The summed E-state index contributed by atoms with van der Waals surface area (Å²) < 4.78 is 18.2. The predicted molar refractivity (Wildman–Crippen MR) is 129 cm³/mol. The van der Waals surface area contributed by atoms with Gasteiger partial charge in [0.25, 0.3) is 0 Å². The smallest absolute Gasteiger partial charge is 0.237 e. The van der Waals surface area contributed by atoms with E-state index >= 15 is 0 Å². The molecule has 0 radical (unpaired) electrons. The molecule has 8 nitrogen and oxygen atoms in total. The molecule has 9 heteroatoms. The van der Waals surface area contributed by atoms with Crippen LogP contribution in [0.4, 0.5) is 0 Å². The lowest BCUT2D eigenvalue weighted by Crippen LogP contribution is -2.00. The Hall–Kier alpha value is -4.11. The first-order valence-electron chi connectivity index (χ1n) is 10.5. The predicted octanol–water partition coefficient (Wildman–Crippen LogP) is 5.29. The number of rotatable bonds is 8. The van der Waals surface area contributed by atoms with Crippen LogP contribution in [0.2, 0.25) is 0 Å². The fraction of sp³-hybridized carbons (Fsp3) is 0.120. The number of methoxy groups -OCH3 is 2. The van der Waals surface area contributed by atoms with Gasteiger partial charge in [0.15, 0.2) is 11.0 Å². The molecule has 0 saturated carbocycles. The zero-order valence-electron chi connectivity index (χ0n) is 18.6. The molecule has 0 atom stereocenters. The monoisotopic (exact) mass is 471 g/mol. The Bertz CT molecular complexity index is 1380. The zero-order valence-corrected chi connectivity index (χ0v) is 19.4. The minimum Gasteiger partial charge on any atom is -0.497 e. The van der Waals surface area contributed by atoms with E-state index in [9.17, 15) is 0 Å². The summed E-state index contributed by atoms with van der Waals surface area (Å²) in [6, 6.07) is 25.3. The number of aromatic nitrogens is 5. The minimum absolute atomic E-state index is 0.436. The average molecular weight is 472 g/mol. The maximum Gasteiger partial charge on any atom is 0.237 e.